The standard InChI is InChI=1S/C21H16O4/c1-9-5-3-6-10-13(9)19(22)17-15(10)18-16(17)11-7-4-8-12(21(24)25-2)14(11)20(18)23/h3-8,15-18H,1-2H3/t15-,16+,17-,18+/m0/s1. The van der Waals surface area contributed by atoms with Crippen molar-refractivity contribution in [1.82, 2.24) is 0 Å². The van der Waals surface area contributed by atoms with Crippen LogP contribution < -0.4 is 0 Å². The summed E-state index contributed by atoms with van der Waals surface area (Å²) in [6.45, 7) is 1.95. The molecule has 4 nitrogen and oxygen atoms in total. The van der Waals surface area contributed by atoms with Crippen molar-refractivity contribution >= 4 is 17.5 Å². The zero-order valence-electron chi connectivity index (χ0n) is 13.9. The predicted octanol–water partition coefficient (Wildman–Crippen LogP) is 3.29. The van der Waals surface area contributed by atoms with Gasteiger partial charge in [-0.1, -0.05) is 30.3 Å². The van der Waals surface area contributed by atoms with Gasteiger partial charge in [0.15, 0.2) is 11.6 Å². The summed E-state index contributed by atoms with van der Waals surface area (Å²) < 4.78 is 4.83. The molecule has 2 aromatic rings. The highest BCUT2D eigenvalue weighted by molar-refractivity contribution is 6.16. The van der Waals surface area contributed by atoms with Crippen LogP contribution in [0.5, 0.6) is 0 Å². The van der Waals surface area contributed by atoms with Gasteiger partial charge in [0.1, 0.15) is 0 Å². The lowest BCUT2D eigenvalue weighted by atomic mass is 9.57. The molecule has 3 aliphatic carbocycles. The molecule has 3 aliphatic rings. The molecule has 4 atom stereocenters. The fourth-order valence-corrected chi connectivity index (χ4v) is 5.22. The largest absolute Gasteiger partial charge is 0.465 e. The van der Waals surface area contributed by atoms with E-state index >= 15 is 0 Å². The average molecular weight is 332 g/mol. The third-order valence-electron chi connectivity index (χ3n) is 6.17. The molecule has 124 valence electrons. The second kappa shape index (κ2) is 4.66. The van der Waals surface area contributed by atoms with Crippen LogP contribution in [0.3, 0.4) is 0 Å². The van der Waals surface area contributed by atoms with E-state index in [0.29, 0.717) is 11.1 Å². The highest BCUT2D eigenvalue weighted by Gasteiger charge is 2.65. The molecule has 0 amide bonds. The summed E-state index contributed by atoms with van der Waals surface area (Å²) in [5, 5.41) is 0. The summed E-state index contributed by atoms with van der Waals surface area (Å²) in [5.74, 6) is -0.974. The smallest absolute Gasteiger partial charge is 0.338 e. The average Bonchev–Trinajstić information content (AvgIpc) is 2.96. The minimum Gasteiger partial charge on any atom is -0.465 e. The van der Waals surface area contributed by atoms with Gasteiger partial charge in [-0.15, -0.1) is 0 Å². The quantitative estimate of drug-likeness (QED) is 0.752. The topological polar surface area (TPSA) is 60.4 Å². The Kier molecular flexibility index (Phi) is 2.72. The molecule has 0 aromatic heterocycles. The number of ketones is 2. The van der Waals surface area contributed by atoms with Gasteiger partial charge in [0.05, 0.1) is 12.7 Å². The van der Waals surface area contributed by atoms with Crippen molar-refractivity contribution in [3.8, 4) is 0 Å². The molecule has 4 heteroatoms. The predicted molar refractivity (Wildman–Crippen MR) is 90.1 cm³/mol. The first-order valence-corrected chi connectivity index (χ1v) is 8.45. The van der Waals surface area contributed by atoms with Gasteiger partial charge in [-0.25, -0.2) is 4.79 Å². The summed E-state index contributed by atoms with van der Waals surface area (Å²) in [5.41, 5.74) is 4.38. The number of hydrogen-bond donors (Lipinski definition) is 0. The van der Waals surface area contributed by atoms with Crippen LogP contribution in [-0.2, 0) is 4.74 Å². The molecule has 1 fully saturated rings. The molecule has 1 saturated carbocycles. The van der Waals surface area contributed by atoms with Crippen molar-refractivity contribution in [2.75, 3.05) is 7.11 Å². The molecule has 0 unspecified atom stereocenters. The number of hydrogen-bond acceptors (Lipinski definition) is 4. The van der Waals surface area contributed by atoms with Crippen LogP contribution >= 0.6 is 0 Å². The number of methoxy groups -OCH3 is 1. The molecule has 0 aliphatic heterocycles. The van der Waals surface area contributed by atoms with Crippen LogP contribution in [0.15, 0.2) is 36.4 Å². The Bertz CT molecular complexity index is 987. The van der Waals surface area contributed by atoms with Crippen molar-refractivity contribution in [2.24, 2.45) is 11.8 Å². The SMILES string of the molecule is COC(=O)c1cccc2c1C(=O)[C@@H]1[C@H]3c4cccc(C)c4C(=O)[C@@H]3[C@@H]21. The van der Waals surface area contributed by atoms with Crippen molar-refractivity contribution in [2.45, 2.75) is 18.8 Å². The van der Waals surface area contributed by atoms with E-state index in [-0.39, 0.29) is 35.2 Å². The number of carbonyl (C=O) groups excluding carboxylic acids is 3. The number of fused-ring (bicyclic) bond motifs is 8. The van der Waals surface area contributed by atoms with E-state index < -0.39 is 5.97 Å². The van der Waals surface area contributed by atoms with Crippen LogP contribution in [0.1, 0.15) is 59.6 Å². The third kappa shape index (κ3) is 1.55. The maximum absolute atomic E-state index is 13.1. The number of Topliss-reactive ketones (excluding diaryl/α,β-unsaturated/α-hetero) is 2. The van der Waals surface area contributed by atoms with E-state index in [1.54, 1.807) is 12.1 Å². The fourth-order valence-electron chi connectivity index (χ4n) is 5.22. The minimum absolute atomic E-state index is 0.0237. The first-order valence-electron chi connectivity index (χ1n) is 8.45. The molecule has 5 rings (SSSR count). The molecule has 0 heterocycles. The lowest BCUT2D eigenvalue weighted by molar-refractivity contribution is 0.0572. The van der Waals surface area contributed by atoms with Crippen molar-refractivity contribution in [3.63, 3.8) is 0 Å². The highest BCUT2D eigenvalue weighted by Crippen LogP contribution is 2.67. The van der Waals surface area contributed by atoms with E-state index in [4.69, 9.17) is 4.74 Å². The zero-order chi connectivity index (χ0) is 17.5. The highest BCUT2D eigenvalue weighted by atomic mass is 16.5. The summed E-state index contributed by atoms with van der Waals surface area (Å²) in [6, 6.07) is 11.1. The summed E-state index contributed by atoms with van der Waals surface area (Å²) in [4.78, 5) is 38.2. The number of aryl methyl sites for hydroxylation is 1. The van der Waals surface area contributed by atoms with Crippen molar-refractivity contribution in [1.29, 1.82) is 0 Å². The monoisotopic (exact) mass is 332 g/mol. The summed E-state index contributed by atoms with van der Waals surface area (Å²) in [6.07, 6.45) is 0. The van der Waals surface area contributed by atoms with Crippen molar-refractivity contribution < 1.29 is 19.1 Å². The normalized spacial score (nSPS) is 27.9. The first kappa shape index (κ1) is 14.6. The molecule has 0 bridgehead atoms. The van der Waals surface area contributed by atoms with E-state index in [1.807, 2.05) is 31.2 Å². The fraction of sp³-hybridized carbons (Fsp3) is 0.286. The second-order valence-corrected chi connectivity index (χ2v) is 7.13. The van der Waals surface area contributed by atoms with E-state index in [1.165, 1.54) is 7.11 Å². The lowest BCUT2D eigenvalue weighted by Gasteiger charge is -2.43. The number of ether oxygens (including phenoxy) is 1. The number of esters is 1. The summed E-state index contributed by atoms with van der Waals surface area (Å²) in [7, 11) is 1.31. The van der Waals surface area contributed by atoms with Gasteiger partial charge in [-0.3, -0.25) is 9.59 Å². The maximum atomic E-state index is 13.1. The Labute approximate surface area is 144 Å². The van der Waals surface area contributed by atoms with Crippen LogP contribution in [0, 0.1) is 18.8 Å². The minimum atomic E-state index is -0.501. The molecule has 0 saturated heterocycles. The first-order chi connectivity index (χ1) is 12.1. The molecule has 0 N–H and O–H groups in total. The third-order valence-corrected chi connectivity index (χ3v) is 6.17. The Morgan fingerprint density at radius 1 is 0.840 bits per heavy atom. The number of benzene rings is 2. The van der Waals surface area contributed by atoms with Gasteiger partial charge < -0.3 is 4.74 Å². The Hall–Kier alpha value is -2.75. The van der Waals surface area contributed by atoms with Gasteiger partial charge in [-0.2, -0.15) is 0 Å². The lowest BCUT2D eigenvalue weighted by Crippen LogP contribution is -2.43. The van der Waals surface area contributed by atoms with E-state index in [0.717, 1.165) is 22.3 Å². The number of rotatable bonds is 1. The molecule has 2 aromatic carbocycles. The van der Waals surface area contributed by atoms with Gasteiger partial charge in [0.25, 0.3) is 0 Å². The van der Waals surface area contributed by atoms with E-state index in [2.05, 4.69) is 0 Å². The molecule has 25 heavy (non-hydrogen) atoms. The Morgan fingerprint density at radius 2 is 1.40 bits per heavy atom. The number of carbonyl (C=O) groups is 3. The maximum Gasteiger partial charge on any atom is 0.338 e. The molecular weight excluding hydrogens is 316 g/mol. The molecular formula is C21H16O4. The molecule has 0 spiro atoms. The van der Waals surface area contributed by atoms with Crippen molar-refractivity contribution in [3.05, 3.63) is 69.8 Å². The van der Waals surface area contributed by atoms with Crippen LogP contribution in [0.25, 0.3) is 0 Å². The van der Waals surface area contributed by atoms with E-state index in [9.17, 15) is 14.4 Å². The summed E-state index contributed by atoms with van der Waals surface area (Å²) >= 11 is 0. The van der Waals surface area contributed by atoms with Gasteiger partial charge in [-0.05, 0) is 29.7 Å². The second-order valence-electron chi connectivity index (χ2n) is 7.13. The van der Waals surface area contributed by atoms with Crippen LogP contribution in [0.4, 0.5) is 0 Å². The van der Waals surface area contributed by atoms with Crippen LogP contribution in [-0.4, -0.2) is 24.6 Å². The zero-order valence-corrected chi connectivity index (χ0v) is 13.9. The van der Waals surface area contributed by atoms with Gasteiger partial charge in [0.2, 0.25) is 0 Å². The van der Waals surface area contributed by atoms with Gasteiger partial charge in [0, 0.05) is 34.8 Å². The Balaban J connectivity index is 1.68. The Morgan fingerprint density at radius 3 is 2.04 bits per heavy atom. The van der Waals surface area contributed by atoms with Crippen LogP contribution in [0.2, 0.25) is 0 Å². The van der Waals surface area contributed by atoms with Gasteiger partial charge >= 0.3 is 5.97 Å². The molecule has 0 radical (unpaired) electrons.